The van der Waals surface area contributed by atoms with Gasteiger partial charge >= 0.3 is 0 Å². The molecule has 25 heavy (non-hydrogen) atoms. The Morgan fingerprint density at radius 2 is 2.00 bits per heavy atom. The van der Waals surface area contributed by atoms with Crippen LogP contribution in [0.15, 0.2) is 30.3 Å². The van der Waals surface area contributed by atoms with Crippen molar-refractivity contribution < 1.29 is 4.79 Å². The molecule has 4 rings (SSSR count). The summed E-state index contributed by atoms with van der Waals surface area (Å²) in [6, 6.07) is 10.6. The van der Waals surface area contributed by atoms with Gasteiger partial charge in [-0.1, -0.05) is 24.3 Å². The fourth-order valence-electron chi connectivity index (χ4n) is 4.17. The Kier molecular flexibility index (Phi) is 4.34. The minimum absolute atomic E-state index is 0.0778. The van der Waals surface area contributed by atoms with Crippen molar-refractivity contribution in [1.82, 2.24) is 19.6 Å². The highest BCUT2D eigenvalue weighted by Crippen LogP contribution is 2.34. The van der Waals surface area contributed by atoms with Crippen molar-refractivity contribution in [3.8, 4) is 0 Å². The summed E-state index contributed by atoms with van der Waals surface area (Å²) in [6.45, 7) is 5.79. The third kappa shape index (κ3) is 3.09. The van der Waals surface area contributed by atoms with Gasteiger partial charge in [0.1, 0.15) is 0 Å². The third-order valence-electron chi connectivity index (χ3n) is 5.49. The monoisotopic (exact) mass is 338 g/mol. The summed E-state index contributed by atoms with van der Waals surface area (Å²) < 4.78 is 2.02. The fraction of sp³-hybridized carbons (Fsp3) is 0.500. The molecule has 2 aliphatic heterocycles. The number of rotatable bonds is 2. The first-order valence-corrected chi connectivity index (χ1v) is 9.25. The molecule has 1 atom stereocenters. The van der Waals surface area contributed by atoms with Crippen LogP contribution in [0, 0.1) is 6.92 Å². The summed E-state index contributed by atoms with van der Waals surface area (Å²) in [4.78, 5) is 17.5. The highest BCUT2D eigenvalue weighted by molar-refractivity contribution is 5.93. The zero-order chi connectivity index (χ0) is 17.4. The van der Waals surface area contributed by atoms with Gasteiger partial charge in [-0.3, -0.25) is 9.48 Å². The highest BCUT2D eigenvalue weighted by Gasteiger charge is 2.33. The fourth-order valence-corrected chi connectivity index (χ4v) is 4.17. The van der Waals surface area contributed by atoms with Crippen molar-refractivity contribution in [2.45, 2.75) is 45.3 Å². The molecule has 132 valence electrons. The van der Waals surface area contributed by atoms with Gasteiger partial charge in [0, 0.05) is 26.2 Å². The molecule has 1 aromatic carbocycles. The largest absolute Gasteiger partial charge is 0.330 e. The van der Waals surface area contributed by atoms with Gasteiger partial charge in [-0.05, 0) is 50.4 Å². The molecule has 0 aliphatic carbocycles. The summed E-state index contributed by atoms with van der Waals surface area (Å²) in [5.74, 6) is 0.0778. The second-order valence-electron chi connectivity index (χ2n) is 7.35. The minimum atomic E-state index is 0.0778. The van der Waals surface area contributed by atoms with Gasteiger partial charge in [-0.15, -0.1) is 0 Å². The van der Waals surface area contributed by atoms with Gasteiger partial charge in [-0.2, -0.15) is 5.10 Å². The minimum Gasteiger partial charge on any atom is -0.330 e. The van der Waals surface area contributed by atoms with Gasteiger partial charge in [0.15, 0.2) is 5.69 Å². The normalized spacial score (nSPS) is 21.2. The standard InChI is InChI=1S/C20H26N4O/c1-15-7-3-4-8-17(15)19-9-5-11-23(19)20(25)18-13-16-14-22(2)10-6-12-24(16)21-18/h3-4,7-8,13,19H,5-6,9-12,14H2,1-2H3. The van der Waals surface area contributed by atoms with Crippen LogP contribution in [0.5, 0.6) is 0 Å². The zero-order valence-electron chi connectivity index (χ0n) is 15.1. The number of aryl methyl sites for hydroxylation is 2. The lowest BCUT2D eigenvalue weighted by Gasteiger charge is -2.25. The smallest absolute Gasteiger partial charge is 0.274 e. The molecule has 1 unspecified atom stereocenters. The lowest BCUT2D eigenvalue weighted by Crippen LogP contribution is -2.31. The number of hydrogen-bond acceptors (Lipinski definition) is 3. The number of nitrogens with zero attached hydrogens (tertiary/aromatic N) is 4. The van der Waals surface area contributed by atoms with Crippen molar-refractivity contribution in [2.24, 2.45) is 0 Å². The zero-order valence-corrected chi connectivity index (χ0v) is 15.1. The average Bonchev–Trinajstić information content (AvgIpc) is 3.19. The molecular weight excluding hydrogens is 312 g/mol. The first kappa shape index (κ1) is 16.3. The molecule has 0 N–H and O–H groups in total. The lowest BCUT2D eigenvalue weighted by atomic mass is 9.99. The van der Waals surface area contributed by atoms with E-state index in [-0.39, 0.29) is 11.9 Å². The molecule has 0 bridgehead atoms. The molecule has 1 amide bonds. The van der Waals surface area contributed by atoms with Gasteiger partial charge < -0.3 is 9.80 Å². The molecule has 1 saturated heterocycles. The van der Waals surface area contributed by atoms with E-state index in [4.69, 9.17) is 0 Å². The maximum atomic E-state index is 13.2. The number of likely N-dealkylation sites (tertiary alicyclic amines) is 1. The maximum Gasteiger partial charge on any atom is 0.274 e. The van der Waals surface area contributed by atoms with Crippen molar-refractivity contribution >= 4 is 5.91 Å². The predicted octanol–water partition coefficient (Wildman–Crippen LogP) is 3.00. The Bertz CT molecular complexity index is 782. The van der Waals surface area contributed by atoms with Gasteiger partial charge in [0.2, 0.25) is 0 Å². The van der Waals surface area contributed by atoms with Crippen molar-refractivity contribution in [3.05, 3.63) is 52.8 Å². The molecular formula is C20H26N4O. The molecule has 5 nitrogen and oxygen atoms in total. The molecule has 2 aliphatic rings. The van der Waals surface area contributed by atoms with E-state index in [2.05, 4.69) is 48.2 Å². The maximum absolute atomic E-state index is 13.2. The Morgan fingerprint density at radius 1 is 1.16 bits per heavy atom. The van der Waals surface area contributed by atoms with Crippen LogP contribution in [0.4, 0.5) is 0 Å². The first-order valence-electron chi connectivity index (χ1n) is 9.25. The van der Waals surface area contributed by atoms with Crippen LogP contribution in [0.1, 0.15) is 52.6 Å². The molecule has 1 aromatic heterocycles. The van der Waals surface area contributed by atoms with Crippen LogP contribution < -0.4 is 0 Å². The number of fused-ring (bicyclic) bond motifs is 1. The van der Waals surface area contributed by atoms with E-state index in [1.54, 1.807) is 0 Å². The summed E-state index contributed by atoms with van der Waals surface area (Å²) in [7, 11) is 2.12. The number of aromatic nitrogens is 2. The van der Waals surface area contributed by atoms with Crippen LogP contribution in [-0.4, -0.2) is 45.6 Å². The molecule has 0 radical (unpaired) electrons. The molecule has 3 heterocycles. The molecule has 1 fully saturated rings. The van der Waals surface area contributed by atoms with Crippen molar-refractivity contribution in [3.63, 3.8) is 0 Å². The highest BCUT2D eigenvalue weighted by atomic mass is 16.2. The van der Waals surface area contributed by atoms with E-state index in [1.165, 1.54) is 11.1 Å². The van der Waals surface area contributed by atoms with Crippen LogP contribution in [0.3, 0.4) is 0 Å². The quantitative estimate of drug-likeness (QED) is 0.845. The molecule has 0 spiro atoms. The lowest BCUT2D eigenvalue weighted by molar-refractivity contribution is 0.0728. The SMILES string of the molecule is Cc1ccccc1C1CCCN1C(=O)c1cc2n(n1)CCCN(C)C2. The topological polar surface area (TPSA) is 41.4 Å². The van der Waals surface area contributed by atoms with E-state index >= 15 is 0 Å². The first-order chi connectivity index (χ1) is 12.1. The Balaban J connectivity index is 1.60. The third-order valence-corrected chi connectivity index (χ3v) is 5.49. The number of carbonyl (C=O) groups excluding carboxylic acids is 1. The van der Waals surface area contributed by atoms with E-state index in [1.807, 2.05) is 15.6 Å². The number of benzene rings is 1. The molecule has 2 aromatic rings. The summed E-state index contributed by atoms with van der Waals surface area (Å²) in [5.41, 5.74) is 4.28. The number of hydrogen-bond donors (Lipinski definition) is 0. The van der Waals surface area contributed by atoms with Crippen LogP contribution in [0.2, 0.25) is 0 Å². The number of amides is 1. The Labute approximate surface area is 149 Å². The van der Waals surface area contributed by atoms with Crippen LogP contribution >= 0.6 is 0 Å². The van der Waals surface area contributed by atoms with Gasteiger partial charge in [0.05, 0.1) is 11.7 Å². The van der Waals surface area contributed by atoms with Crippen molar-refractivity contribution in [1.29, 1.82) is 0 Å². The van der Waals surface area contributed by atoms with Crippen LogP contribution in [0.25, 0.3) is 0 Å². The summed E-state index contributed by atoms with van der Waals surface area (Å²) >= 11 is 0. The second kappa shape index (κ2) is 6.64. The van der Waals surface area contributed by atoms with E-state index in [0.717, 1.165) is 51.1 Å². The van der Waals surface area contributed by atoms with E-state index in [0.29, 0.717) is 5.69 Å². The summed E-state index contributed by atoms with van der Waals surface area (Å²) in [6.07, 6.45) is 3.17. The molecule has 5 heteroatoms. The van der Waals surface area contributed by atoms with E-state index < -0.39 is 0 Å². The second-order valence-corrected chi connectivity index (χ2v) is 7.35. The van der Waals surface area contributed by atoms with Crippen LogP contribution in [-0.2, 0) is 13.1 Å². The van der Waals surface area contributed by atoms with Gasteiger partial charge in [-0.25, -0.2) is 0 Å². The predicted molar refractivity (Wildman–Crippen MR) is 97.4 cm³/mol. The molecule has 0 saturated carbocycles. The van der Waals surface area contributed by atoms with Crippen molar-refractivity contribution in [2.75, 3.05) is 20.1 Å². The summed E-state index contributed by atoms with van der Waals surface area (Å²) in [5, 5.41) is 4.64. The Hall–Kier alpha value is -2.14. The number of carbonyl (C=O) groups is 1. The average molecular weight is 338 g/mol. The Morgan fingerprint density at radius 3 is 2.84 bits per heavy atom. The van der Waals surface area contributed by atoms with Gasteiger partial charge in [0.25, 0.3) is 5.91 Å². The van der Waals surface area contributed by atoms with E-state index in [9.17, 15) is 4.79 Å².